The van der Waals surface area contributed by atoms with Gasteiger partial charge in [-0.05, 0) is 28.6 Å². The number of nitrogens with one attached hydrogen (secondary N) is 1. The number of nitrogens with zero attached hydrogens (tertiary/aromatic N) is 5. The highest BCUT2D eigenvalue weighted by molar-refractivity contribution is 5.90. The van der Waals surface area contributed by atoms with Crippen LogP contribution in [0.5, 0.6) is 0 Å². The van der Waals surface area contributed by atoms with Gasteiger partial charge in [0.15, 0.2) is 0 Å². The monoisotopic (exact) mass is 388 g/mol. The summed E-state index contributed by atoms with van der Waals surface area (Å²) in [5, 5.41) is 21.6. The summed E-state index contributed by atoms with van der Waals surface area (Å²) >= 11 is 0. The zero-order valence-corrected chi connectivity index (χ0v) is 13.4. The molecule has 1 aliphatic rings. The molecule has 27 heavy (non-hydrogen) atoms. The summed E-state index contributed by atoms with van der Waals surface area (Å²) in [6.07, 6.45) is -3.55. The van der Waals surface area contributed by atoms with Crippen LogP contribution in [0.15, 0.2) is 24.5 Å². The van der Waals surface area contributed by atoms with E-state index in [9.17, 15) is 27.2 Å². The Bertz CT molecular complexity index is 857. The van der Waals surface area contributed by atoms with Crippen molar-refractivity contribution in [3.8, 4) is 5.69 Å². The number of likely N-dealkylation sites (tertiary alicyclic amines) is 1. The molecule has 1 saturated heterocycles. The van der Waals surface area contributed by atoms with E-state index in [1.807, 2.05) is 0 Å². The number of hydrogen-bond acceptors (Lipinski definition) is 5. The van der Waals surface area contributed by atoms with Crippen molar-refractivity contribution in [3.63, 3.8) is 0 Å². The second kappa shape index (κ2) is 6.81. The van der Waals surface area contributed by atoms with Crippen molar-refractivity contribution in [2.24, 2.45) is 11.8 Å². The Labute approximate surface area is 148 Å². The minimum atomic E-state index is -4.77. The van der Waals surface area contributed by atoms with Gasteiger partial charge in [-0.2, -0.15) is 13.2 Å². The third-order valence-electron chi connectivity index (χ3n) is 4.15. The number of rotatable bonds is 3. The molecule has 0 radical (unpaired) electrons. The molecular formula is C14H12F4N6O3. The molecule has 1 fully saturated rings. The average Bonchev–Trinajstić information content (AvgIpc) is 3.26. The number of carbonyl (C=O) groups is 2. The molecule has 144 valence electrons. The van der Waals surface area contributed by atoms with E-state index >= 15 is 0 Å². The number of urea groups is 1. The highest BCUT2D eigenvalue weighted by Crippen LogP contribution is 2.38. The van der Waals surface area contributed by atoms with Gasteiger partial charge in [0.2, 0.25) is 0 Å². The molecular weight excluding hydrogens is 376 g/mol. The van der Waals surface area contributed by atoms with Crippen LogP contribution in [0.3, 0.4) is 0 Å². The van der Waals surface area contributed by atoms with E-state index in [4.69, 9.17) is 5.11 Å². The van der Waals surface area contributed by atoms with Crippen molar-refractivity contribution in [1.29, 1.82) is 0 Å². The molecule has 1 aromatic carbocycles. The Hall–Kier alpha value is -3.25. The highest BCUT2D eigenvalue weighted by Gasteiger charge is 2.53. The number of hydrogen-bond donors (Lipinski definition) is 2. The second-order valence-corrected chi connectivity index (χ2v) is 5.85. The van der Waals surface area contributed by atoms with Crippen molar-refractivity contribution in [1.82, 2.24) is 25.1 Å². The lowest BCUT2D eigenvalue weighted by molar-refractivity contribution is -0.187. The van der Waals surface area contributed by atoms with Crippen LogP contribution in [0.1, 0.15) is 0 Å². The molecule has 2 atom stereocenters. The van der Waals surface area contributed by atoms with Gasteiger partial charge in [-0.3, -0.25) is 4.79 Å². The first-order valence-electron chi connectivity index (χ1n) is 7.55. The SMILES string of the molecule is O=C(O)[C@@H]1CN(C(=O)Nc2cc(-n3cnnn3)ccc2F)C[C@H]1C(F)(F)F. The molecule has 2 N–H and O–H groups in total. The summed E-state index contributed by atoms with van der Waals surface area (Å²) in [6, 6.07) is 2.50. The zero-order valence-electron chi connectivity index (χ0n) is 13.4. The number of aromatic nitrogens is 4. The minimum Gasteiger partial charge on any atom is -0.481 e. The smallest absolute Gasteiger partial charge is 0.394 e. The second-order valence-electron chi connectivity index (χ2n) is 5.85. The fourth-order valence-corrected chi connectivity index (χ4v) is 2.78. The van der Waals surface area contributed by atoms with Crippen LogP contribution in [0.25, 0.3) is 5.69 Å². The Morgan fingerprint density at radius 3 is 2.56 bits per heavy atom. The fourth-order valence-electron chi connectivity index (χ4n) is 2.78. The summed E-state index contributed by atoms with van der Waals surface area (Å²) in [5.74, 6) is -6.47. The number of carboxylic acids is 1. The molecule has 2 amide bonds. The molecule has 0 spiro atoms. The molecule has 2 heterocycles. The molecule has 1 aliphatic heterocycles. The van der Waals surface area contributed by atoms with E-state index in [1.54, 1.807) is 0 Å². The Kier molecular flexibility index (Phi) is 4.68. The number of benzene rings is 1. The first kappa shape index (κ1) is 18.5. The van der Waals surface area contributed by atoms with Crippen molar-refractivity contribution in [2.45, 2.75) is 6.18 Å². The van der Waals surface area contributed by atoms with E-state index in [-0.39, 0.29) is 5.69 Å². The van der Waals surface area contributed by atoms with Gasteiger partial charge in [0.05, 0.1) is 23.2 Å². The average molecular weight is 388 g/mol. The number of alkyl halides is 3. The van der Waals surface area contributed by atoms with E-state index in [0.717, 1.165) is 6.07 Å². The van der Waals surface area contributed by atoms with Crippen molar-refractivity contribution in [3.05, 3.63) is 30.3 Å². The van der Waals surface area contributed by atoms with Gasteiger partial charge in [-0.25, -0.2) is 13.9 Å². The van der Waals surface area contributed by atoms with Gasteiger partial charge in [0.1, 0.15) is 12.1 Å². The van der Waals surface area contributed by atoms with Crippen molar-refractivity contribution >= 4 is 17.7 Å². The number of aliphatic carboxylic acids is 1. The predicted molar refractivity (Wildman–Crippen MR) is 80.4 cm³/mol. The lowest BCUT2D eigenvalue weighted by Gasteiger charge is -2.19. The highest BCUT2D eigenvalue weighted by atomic mass is 19.4. The Morgan fingerprint density at radius 1 is 1.26 bits per heavy atom. The third kappa shape index (κ3) is 3.80. The van der Waals surface area contributed by atoms with Gasteiger partial charge in [0, 0.05) is 13.1 Å². The molecule has 3 rings (SSSR count). The molecule has 0 saturated carbocycles. The first-order chi connectivity index (χ1) is 12.7. The largest absolute Gasteiger partial charge is 0.481 e. The van der Waals surface area contributed by atoms with Crippen LogP contribution in [0.4, 0.5) is 28.0 Å². The van der Waals surface area contributed by atoms with Crippen molar-refractivity contribution < 1.29 is 32.3 Å². The number of carbonyl (C=O) groups excluding carboxylic acids is 1. The lowest BCUT2D eigenvalue weighted by atomic mass is 9.96. The maximum atomic E-state index is 14.0. The first-order valence-corrected chi connectivity index (χ1v) is 7.55. The van der Waals surface area contributed by atoms with E-state index in [0.29, 0.717) is 10.6 Å². The lowest BCUT2D eigenvalue weighted by Crippen LogP contribution is -2.35. The topological polar surface area (TPSA) is 113 Å². The summed E-state index contributed by atoms with van der Waals surface area (Å²) in [5.41, 5.74) is -0.00923. The van der Waals surface area contributed by atoms with Crippen molar-refractivity contribution in [2.75, 3.05) is 18.4 Å². The number of anilines is 1. The molecule has 1 aromatic heterocycles. The van der Waals surface area contributed by atoms with Gasteiger partial charge in [-0.1, -0.05) is 0 Å². The van der Waals surface area contributed by atoms with E-state index in [2.05, 4.69) is 20.8 Å². The van der Waals surface area contributed by atoms with Crippen LogP contribution in [0.2, 0.25) is 0 Å². The van der Waals surface area contributed by atoms with Gasteiger partial charge in [0.25, 0.3) is 0 Å². The summed E-state index contributed by atoms with van der Waals surface area (Å²) in [7, 11) is 0. The third-order valence-corrected chi connectivity index (χ3v) is 4.15. The van der Waals surface area contributed by atoms with Crippen LogP contribution in [0, 0.1) is 17.7 Å². The summed E-state index contributed by atoms with van der Waals surface area (Å²) in [4.78, 5) is 24.0. The van der Waals surface area contributed by atoms with Crippen LogP contribution < -0.4 is 5.32 Å². The van der Waals surface area contributed by atoms with E-state index < -0.39 is 48.9 Å². The van der Waals surface area contributed by atoms with Crippen LogP contribution >= 0.6 is 0 Å². The predicted octanol–water partition coefficient (Wildman–Crippen LogP) is 1.53. The molecule has 2 aromatic rings. The molecule has 0 bridgehead atoms. The maximum Gasteiger partial charge on any atom is 0.394 e. The number of tetrazole rings is 1. The standard InChI is InChI=1S/C14H12F4N6O3/c15-10-2-1-7(24-6-19-21-22-24)3-11(10)20-13(27)23-4-8(12(25)26)9(5-23)14(16,17)18/h1-3,6,8-9H,4-5H2,(H,20,27)(H,25,26)/t8-,9-/m1/s1. The molecule has 0 aliphatic carbocycles. The van der Waals surface area contributed by atoms with Crippen LogP contribution in [-0.4, -0.2) is 61.5 Å². The van der Waals surface area contributed by atoms with Crippen LogP contribution in [-0.2, 0) is 4.79 Å². The normalized spacial score (nSPS) is 19.9. The summed E-state index contributed by atoms with van der Waals surface area (Å²) in [6.45, 7) is -1.47. The van der Waals surface area contributed by atoms with Gasteiger partial charge >= 0.3 is 18.2 Å². The quantitative estimate of drug-likeness (QED) is 0.771. The fraction of sp³-hybridized carbons (Fsp3) is 0.357. The zero-order chi connectivity index (χ0) is 19.8. The number of halogens is 4. The number of amides is 2. The number of carboxylic acid groups (broad SMARTS) is 1. The molecule has 13 heteroatoms. The maximum absolute atomic E-state index is 14.0. The van der Waals surface area contributed by atoms with Gasteiger partial charge in [-0.15, -0.1) is 5.10 Å². The molecule has 9 nitrogen and oxygen atoms in total. The summed E-state index contributed by atoms with van der Waals surface area (Å²) < 4.78 is 54.2. The Balaban J connectivity index is 1.78. The van der Waals surface area contributed by atoms with E-state index in [1.165, 1.54) is 23.1 Å². The molecule has 0 unspecified atom stereocenters. The Morgan fingerprint density at radius 2 is 2.00 bits per heavy atom. The minimum absolute atomic E-state index is 0.301. The van der Waals surface area contributed by atoms with Gasteiger partial charge < -0.3 is 15.3 Å².